The maximum Gasteiger partial charge on any atom is 0.410 e. The lowest BCUT2D eigenvalue weighted by Crippen LogP contribution is -2.51. The van der Waals surface area contributed by atoms with Gasteiger partial charge < -0.3 is 19.7 Å². The summed E-state index contributed by atoms with van der Waals surface area (Å²) in [5.41, 5.74) is 3.80. The number of nitriles is 1. The van der Waals surface area contributed by atoms with Crippen LogP contribution in [0.25, 0.3) is 22.0 Å². The van der Waals surface area contributed by atoms with Gasteiger partial charge >= 0.3 is 6.09 Å². The second kappa shape index (κ2) is 14.6. The van der Waals surface area contributed by atoms with Gasteiger partial charge in [-0.3, -0.25) is 4.79 Å². The number of aromatic nitrogens is 2. The van der Waals surface area contributed by atoms with E-state index in [0.717, 1.165) is 27.8 Å². The summed E-state index contributed by atoms with van der Waals surface area (Å²) in [6.07, 6.45) is -1.48. The molecule has 1 saturated heterocycles. The number of morpholine rings is 1. The second-order valence-corrected chi connectivity index (χ2v) is 14.3. The third-order valence-electron chi connectivity index (χ3n) is 9.23. The fourth-order valence-electron chi connectivity index (χ4n) is 6.85. The number of benzene rings is 5. The molecule has 1 aromatic heterocycles. The maximum atomic E-state index is 14.1. The Hall–Kier alpha value is -5.95. The van der Waals surface area contributed by atoms with Crippen LogP contribution in [0.4, 0.5) is 10.6 Å². The first kappa shape index (κ1) is 35.5. The van der Waals surface area contributed by atoms with E-state index in [1.54, 1.807) is 39.0 Å². The number of fused-ring (bicyclic) bond motifs is 1. The van der Waals surface area contributed by atoms with Gasteiger partial charge in [-0.05, 0) is 73.4 Å². The van der Waals surface area contributed by atoms with E-state index in [0.29, 0.717) is 33.9 Å². The number of anilines is 1. The Morgan fingerprint density at radius 1 is 0.868 bits per heavy atom. The molecule has 1 aliphatic heterocycles. The average Bonchev–Trinajstić information content (AvgIpc) is 3.53. The molecule has 1 atom stereocenters. The van der Waals surface area contributed by atoms with Crippen molar-refractivity contribution in [3.05, 3.63) is 155 Å². The van der Waals surface area contributed by atoms with Crippen molar-refractivity contribution in [1.29, 1.82) is 5.26 Å². The van der Waals surface area contributed by atoms with Gasteiger partial charge in [0.25, 0.3) is 5.91 Å². The average molecular weight is 724 g/mol. The van der Waals surface area contributed by atoms with E-state index in [1.807, 2.05) is 77.5 Å². The Morgan fingerprint density at radius 2 is 1.47 bits per heavy atom. The predicted octanol–water partition coefficient (Wildman–Crippen LogP) is 8.64. The predicted molar refractivity (Wildman–Crippen MR) is 206 cm³/mol. The van der Waals surface area contributed by atoms with E-state index in [2.05, 4.69) is 47.8 Å². The lowest BCUT2D eigenvalue weighted by molar-refractivity contribution is -0.132. The number of hydrogen-bond donors (Lipinski definition) is 1. The Labute approximate surface area is 313 Å². The minimum absolute atomic E-state index is 0.0170. The van der Waals surface area contributed by atoms with Crippen LogP contribution in [0, 0.1) is 11.3 Å². The Kier molecular flexibility index (Phi) is 9.76. The largest absolute Gasteiger partial charge is 0.444 e. The molecule has 6 aromatic rings. The molecular weight excluding hydrogens is 686 g/mol. The highest BCUT2D eigenvalue weighted by Crippen LogP contribution is 2.44. The van der Waals surface area contributed by atoms with Crippen molar-refractivity contribution in [3.63, 3.8) is 0 Å². The van der Waals surface area contributed by atoms with Crippen LogP contribution in [-0.4, -0.2) is 58.1 Å². The summed E-state index contributed by atoms with van der Waals surface area (Å²) in [6, 6.07) is 43.6. The van der Waals surface area contributed by atoms with Crippen molar-refractivity contribution < 1.29 is 19.1 Å². The molecule has 7 rings (SSSR count). The molecule has 1 N–H and O–H groups in total. The molecule has 0 aliphatic carbocycles. The SMILES string of the molecule is CC(C)(C)OC(=O)N1CCO[C@@H](C(=O)Nc2nn(C(c3ccccc3)(c3ccccc3)c3ccccc3)c3ccc(-c4cc(C#N)ccc4Cl)cc23)C1. The first-order valence-electron chi connectivity index (χ1n) is 17.4. The Balaban J connectivity index is 1.42. The quantitative estimate of drug-likeness (QED) is 0.165. The van der Waals surface area contributed by atoms with Crippen molar-refractivity contribution >= 4 is 40.3 Å². The molecule has 0 bridgehead atoms. The van der Waals surface area contributed by atoms with Gasteiger partial charge in [0.05, 0.1) is 30.3 Å². The number of hydrogen-bond acceptors (Lipinski definition) is 6. The molecule has 0 radical (unpaired) electrons. The second-order valence-electron chi connectivity index (χ2n) is 13.9. The highest BCUT2D eigenvalue weighted by molar-refractivity contribution is 6.33. The lowest BCUT2D eigenvalue weighted by Gasteiger charge is -2.37. The van der Waals surface area contributed by atoms with Crippen molar-refractivity contribution in [3.8, 4) is 17.2 Å². The van der Waals surface area contributed by atoms with Crippen LogP contribution in [-0.2, 0) is 19.8 Å². The van der Waals surface area contributed by atoms with E-state index < -0.39 is 29.2 Å². The zero-order valence-electron chi connectivity index (χ0n) is 29.6. The van der Waals surface area contributed by atoms with E-state index in [9.17, 15) is 14.9 Å². The van der Waals surface area contributed by atoms with Gasteiger partial charge in [-0.25, -0.2) is 9.48 Å². The van der Waals surface area contributed by atoms with Crippen LogP contribution in [0.15, 0.2) is 127 Å². The molecular formula is C43H38ClN5O4. The molecule has 1 fully saturated rings. The maximum absolute atomic E-state index is 14.1. The molecule has 2 heterocycles. The van der Waals surface area contributed by atoms with E-state index in [-0.39, 0.29) is 13.2 Å². The highest BCUT2D eigenvalue weighted by atomic mass is 35.5. The molecule has 0 unspecified atom stereocenters. The van der Waals surface area contributed by atoms with Crippen LogP contribution in [0.2, 0.25) is 5.02 Å². The van der Waals surface area contributed by atoms with Crippen LogP contribution in [0.1, 0.15) is 43.0 Å². The number of ether oxygens (including phenoxy) is 2. The molecule has 5 aromatic carbocycles. The summed E-state index contributed by atoms with van der Waals surface area (Å²) in [7, 11) is 0. The minimum atomic E-state index is -0.986. The van der Waals surface area contributed by atoms with Crippen molar-refractivity contribution in [2.24, 2.45) is 0 Å². The molecule has 2 amide bonds. The fraction of sp³-hybridized carbons (Fsp3) is 0.209. The summed E-state index contributed by atoms with van der Waals surface area (Å²) in [5, 5.41) is 19.1. The van der Waals surface area contributed by atoms with Gasteiger partial charge in [0.1, 0.15) is 11.1 Å². The van der Waals surface area contributed by atoms with Crippen LogP contribution in [0.5, 0.6) is 0 Å². The number of amides is 2. The molecule has 1 aliphatic rings. The number of nitrogens with one attached hydrogen (secondary N) is 1. The van der Waals surface area contributed by atoms with Gasteiger partial charge in [0.15, 0.2) is 11.9 Å². The summed E-state index contributed by atoms with van der Waals surface area (Å²) in [4.78, 5) is 28.5. The Morgan fingerprint density at radius 3 is 2.04 bits per heavy atom. The van der Waals surface area contributed by atoms with Gasteiger partial charge in [0.2, 0.25) is 0 Å². The highest BCUT2D eigenvalue weighted by Gasteiger charge is 2.41. The van der Waals surface area contributed by atoms with Crippen LogP contribution in [0.3, 0.4) is 0 Å². The number of rotatable bonds is 7. The minimum Gasteiger partial charge on any atom is -0.444 e. The third kappa shape index (κ3) is 6.99. The molecule has 10 heteroatoms. The van der Waals surface area contributed by atoms with Crippen molar-refractivity contribution in [2.75, 3.05) is 25.0 Å². The van der Waals surface area contributed by atoms with Crippen LogP contribution < -0.4 is 5.32 Å². The number of carbonyl (C=O) groups excluding carboxylic acids is 2. The molecule has 9 nitrogen and oxygen atoms in total. The van der Waals surface area contributed by atoms with Gasteiger partial charge in [-0.1, -0.05) is 109 Å². The van der Waals surface area contributed by atoms with Crippen molar-refractivity contribution in [2.45, 2.75) is 38.0 Å². The molecule has 266 valence electrons. The normalized spacial score (nSPS) is 14.8. The van der Waals surface area contributed by atoms with E-state index in [4.69, 9.17) is 26.2 Å². The first-order valence-corrected chi connectivity index (χ1v) is 17.8. The fourth-order valence-corrected chi connectivity index (χ4v) is 7.08. The zero-order chi connectivity index (χ0) is 37.2. The molecule has 53 heavy (non-hydrogen) atoms. The third-order valence-corrected chi connectivity index (χ3v) is 9.56. The topological polar surface area (TPSA) is 109 Å². The summed E-state index contributed by atoms with van der Waals surface area (Å²) >= 11 is 6.70. The van der Waals surface area contributed by atoms with Crippen LogP contribution >= 0.6 is 11.6 Å². The first-order chi connectivity index (χ1) is 25.6. The zero-order valence-corrected chi connectivity index (χ0v) is 30.4. The molecule has 0 saturated carbocycles. The smallest absolute Gasteiger partial charge is 0.410 e. The van der Waals surface area contributed by atoms with E-state index in [1.165, 1.54) is 4.90 Å². The Bertz CT molecular complexity index is 2220. The standard InChI is InChI=1S/C43H38ClN5O4/c1-42(2,3)53-41(51)48-23-24-52-38(28-48)40(50)46-39-35-26-30(34-25-29(27-45)19-21-36(34)44)20-22-37(35)49(47-39)43(31-13-7-4-8-14-31,32-15-9-5-10-16-32)33-17-11-6-12-18-33/h4-22,25-26,38H,23-24,28H2,1-3H3,(H,46,47,50)/t38-/m1/s1. The lowest BCUT2D eigenvalue weighted by atomic mass is 9.77. The van der Waals surface area contributed by atoms with Crippen molar-refractivity contribution in [1.82, 2.24) is 14.7 Å². The van der Waals surface area contributed by atoms with Gasteiger partial charge in [-0.15, -0.1) is 0 Å². The number of carbonyl (C=O) groups is 2. The number of nitrogens with zero attached hydrogens (tertiary/aromatic N) is 4. The van der Waals surface area contributed by atoms with E-state index >= 15 is 0 Å². The summed E-state index contributed by atoms with van der Waals surface area (Å²) < 4.78 is 13.5. The summed E-state index contributed by atoms with van der Waals surface area (Å²) in [6.45, 7) is 5.89. The monoisotopic (exact) mass is 723 g/mol. The van der Waals surface area contributed by atoms with Gasteiger partial charge in [-0.2, -0.15) is 10.4 Å². The number of halogens is 1. The summed E-state index contributed by atoms with van der Waals surface area (Å²) in [5.74, 6) is -0.158. The molecule has 0 spiro atoms. The van der Waals surface area contributed by atoms with Gasteiger partial charge in [0, 0.05) is 22.5 Å².